The zero-order valence-electron chi connectivity index (χ0n) is 18.1. The Kier molecular flexibility index (Phi) is 7.12. The minimum atomic E-state index is -3.58. The number of benzene rings is 2. The Morgan fingerprint density at radius 2 is 1.77 bits per heavy atom. The fourth-order valence-corrected chi connectivity index (χ4v) is 5.32. The van der Waals surface area contributed by atoms with E-state index in [2.05, 4.69) is 10.6 Å². The first-order chi connectivity index (χ1) is 14.7. The molecule has 1 aliphatic rings. The summed E-state index contributed by atoms with van der Waals surface area (Å²) in [5, 5.41) is 5.61. The fraction of sp³-hybridized carbons (Fsp3) is 0.391. The van der Waals surface area contributed by atoms with E-state index in [0.29, 0.717) is 29.9 Å². The van der Waals surface area contributed by atoms with Gasteiger partial charge in [-0.05, 0) is 68.7 Å². The summed E-state index contributed by atoms with van der Waals surface area (Å²) in [6.45, 7) is 6.08. The maximum absolute atomic E-state index is 13.0. The lowest BCUT2D eigenvalue weighted by Gasteiger charge is -2.32. The lowest BCUT2D eigenvalue weighted by Crippen LogP contribution is -2.41. The molecule has 1 atom stereocenters. The molecular weight excluding hydrogens is 414 g/mol. The van der Waals surface area contributed by atoms with Crippen LogP contribution in [0.3, 0.4) is 0 Å². The fourth-order valence-electron chi connectivity index (χ4n) is 3.62. The standard InChI is InChI=1S/C23H29N3O4S/c1-4-22(27)24-19-11-8-16(2)21(15-19)25-23(28)18-9-12-20(13-10-18)31(29,30)26-14-6-5-7-17(26)3/h8-13,15,17H,4-7,14H2,1-3H3,(H,24,27)(H,25,28). The minimum absolute atomic E-state index is 0.0230. The summed E-state index contributed by atoms with van der Waals surface area (Å²) < 4.78 is 27.5. The quantitative estimate of drug-likeness (QED) is 0.701. The van der Waals surface area contributed by atoms with Crippen LogP contribution in [-0.4, -0.2) is 37.1 Å². The number of sulfonamides is 1. The number of rotatable bonds is 6. The predicted molar refractivity (Wildman–Crippen MR) is 122 cm³/mol. The number of anilines is 2. The molecule has 166 valence electrons. The van der Waals surface area contributed by atoms with Gasteiger partial charge in [0.05, 0.1) is 4.90 Å². The third-order valence-electron chi connectivity index (χ3n) is 5.56. The van der Waals surface area contributed by atoms with Crippen LogP contribution in [0.25, 0.3) is 0 Å². The van der Waals surface area contributed by atoms with Gasteiger partial charge in [0.1, 0.15) is 0 Å². The van der Waals surface area contributed by atoms with E-state index >= 15 is 0 Å². The zero-order chi connectivity index (χ0) is 22.6. The van der Waals surface area contributed by atoms with Crippen LogP contribution >= 0.6 is 0 Å². The van der Waals surface area contributed by atoms with Gasteiger partial charge in [0.25, 0.3) is 5.91 Å². The topological polar surface area (TPSA) is 95.6 Å². The van der Waals surface area contributed by atoms with Crippen molar-refractivity contribution in [1.82, 2.24) is 4.31 Å². The molecule has 0 aromatic heterocycles. The molecule has 1 unspecified atom stereocenters. The maximum Gasteiger partial charge on any atom is 0.255 e. The molecule has 0 radical (unpaired) electrons. The molecule has 1 aliphatic heterocycles. The Labute approximate surface area is 183 Å². The molecular formula is C23H29N3O4S. The molecule has 0 saturated carbocycles. The predicted octanol–water partition coefficient (Wildman–Crippen LogP) is 4.16. The summed E-state index contributed by atoms with van der Waals surface area (Å²) >= 11 is 0. The maximum atomic E-state index is 13.0. The Balaban J connectivity index is 1.75. The zero-order valence-corrected chi connectivity index (χ0v) is 19.0. The van der Waals surface area contributed by atoms with Crippen molar-refractivity contribution in [3.05, 3.63) is 53.6 Å². The number of nitrogens with zero attached hydrogens (tertiary/aromatic N) is 1. The van der Waals surface area contributed by atoms with Crippen molar-refractivity contribution < 1.29 is 18.0 Å². The average Bonchev–Trinajstić information content (AvgIpc) is 2.76. The van der Waals surface area contributed by atoms with Crippen molar-refractivity contribution in [2.75, 3.05) is 17.2 Å². The van der Waals surface area contributed by atoms with Gasteiger partial charge in [0.2, 0.25) is 15.9 Å². The largest absolute Gasteiger partial charge is 0.326 e. The van der Waals surface area contributed by atoms with Gasteiger partial charge < -0.3 is 10.6 Å². The van der Waals surface area contributed by atoms with E-state index in [9.17, 15) is 18.0 Å². The summed E-state index contributed by atoms with van der Waals surface area (Å²) in [5.41, 5.74) is 2.39. The molecule has 0 bridgehead atoms. The van der Waals surface area contributed by atoms with E-state index in [-0.39, 0.29) is 22.8 Å². The van der Waals surface area contributed by atoms with Gasteiger partial charge in [-0.25, -0.2) is 8.42 Å². The van der Waals surface area contributed by atoms with E-state index in [1.54, 1.807) is 23.4 Å². The summed E-state index contributed by atoms with van der Waals surface area (Å²) in [5.74, 6) is -0.460. The van der Waals surface area contributed by atoms with Crippen molar-refractivity contribution in [3.63, 3.8) is 0 Å². The molecule has 8 heteroatoms. The average molecular weight is 444 g/mol. The first-order valence-corrected chi connectivity index (χ1v) is 12.0. The van der Waals surface area contributed by atoms with Crippen LogP contribution in [0.15, 0.2) is 47.4 Å². The second-order valence-corrected chi connectivity index (χ2v) is 9.76. The van der Waals surface area contributed by atoms with Gasteiger partial charge in [-0.3, -0.25) is 9.59 Å². The SMILES string of the molecule is CCC(=O)Nc1ccc(C)c(NC(=O)c2ccc(S(=O)(=O)N3CCCCC3C)cc2)c1. The van der Waals surface area contributed by atoms with Crippen LogP contribution in [0.5, 0.6) is 0 Å². The van der Waals surface area contributed by atoms with Gasteiger partial charge in [-0.15, -0.1) is 0 Å². The number of piperidine rings is 1. The Hall–Kier alpha value is -2.71. The second kappa shape index (κ2) is 9.62. The first-order valence-electron chi connectivity index (χ1n) is 10.6. The van der Waals surface area contributed by atoms with Crippen molar-refractivity contribution >= 4 is 33.2 Å². The molecule has 0 spiro atoms. The molecule has 1 saturated heterocycles. The highest BCUT2D eigenvalue weighted by Crippen LogP contribution is 2.26. The number of aryl methyl sites for hydroxylation is 1. The van der Waals surface area contributed by atoms with E-state index in [0.717, 1.165) is 24.8 Å². The van der Waals surface area contributed by atoms with Crippen molar-refractivity contribution in [2.24, 2.45) is 0 Å². The second-order valence-electron chi connectivity index (χ2n) is 7.87. The summed E-state index contributed by atoms with van der Waals surface area (Å²) in [7, 11) is -3.58. The number of hydrogen-bond acceptors (Lipinski definition) is 4. The minimum Gasteiger partial charge on any atom is -0.326 e. The monoisotopic (exact) mass is 443 g/mol. The normalized spacial score (nSPS) is 17.2. The highest BCUT2D eigenvalue weighted by molar-refractivity contribution is 7.89. The van der Waals surface area contributed by atoms with Gasteiger partial charge >= 0.3 is 0 Å². The molecule has 3 rings (SSSR count). The highest BCUT2D eigenvalue weighted by atomic mass is 32.2. The van der Waals surface area contributed by atoms with Crippen molar-refractivity contribution in [2.45, 2.75) is 57.4 Å². The third-order valence-corrected chi connectivity index (χ3v) is 7.58. The molecule has 2 N–H and O–H groups in total. The highest BCUT2D eigenvalue weighted by Gasteiger charge is 2.30. The molecule has 2 aromatic carbocycles. The Bertz CT molecular complexity index is 1060. The molecule has 1 heterocycles. The lowest BCUT2D eigenvalue weighted by molar-refractivity contribution is -0.115. The van der Waals surface area contributed by atoms with Gasteiger partial charge in [0.15, 0.2) is 0 Å². The molecule has 7 nitrogen and oxygen atoms in total. The third kappa shape index (κ3) is 5.32. The van der Waals surface area contributed by atoms with E-state index in [1.165, 1.54) is 24.3 Å². The first kappa shape index (κ1) is 23.0. The number of hydrogen-bond donors (Lipinski definition) is 2. The van der Waals surface area contributed by atoms with Crippen LogP contribution in [0.2, 0.25) is 0 Å². The van der Waals surface area contributed by atoms with E-state index in [1.807, 2.05) is 19.9 Å². The summed E-state index contributed by atoms with van der Waals surface area (Å²) in [6, 6.07) is 11.3. The van der Waals surface area contributed by atoms with E-state index in [4.69, 9.17) is 0 Å². The van der Waals surface area contributed by atoms with Gasteiger partial charge in [0, 0.05) is 35.9 Å². The van der Waals surface area contributed by atoms with Gasteiger partial charge in [-0.2, -0.15) is 4.31 Å². The summed E-state index contributed by atoms with van der Waals surface area (Å²) in [4.78, 5) is 24.5. The lowest BCUT2D eigenvalue weighted by atomic mass is 10.1. The molecule has 2 aromatic rings. The number of nitrogens with one attached hydrogen (secondary N) is 2. The Morgan fingerprint density at radius 1 is 1.06 bits per heavy atom. The number of carbonyl (C=O) groups excluding carboxylic acids is 2. The van der Waals surface area contributed by atoms with Crippen LogP contribution in [0.4, 0.5) is 11.4 Å². The Morgan fingerprint density at radius 3 is 2.42 bits per heavy atom. The van der Waals surface area contributed by atoms with Crippen molar-refractivity contribution in [1.29, 1.82) is 0 Å². The van der Waals surface area contributed by atoms with Crippen LogP contribution in [0.1, 0.15) is 55.5 Å². The summed E-state index contributed by atoms with van der Waals surface area (Å²) in [6.07, 6.45) is 3.12. The molecule has 0 aliphatic carbocycles. The molecule has 2 amide bonds. The molecule has 31 heavy (non-hydrogen) atoms. The van der Waals surface area contributed by atoms with Crippen LogP contribution in [0, 0.1) is 6.92 Å². The van der Waals surface area contributed by atoms with Crippen molar-refractivity contribution in [3.8, 4) is 0 Å². The van der Waals surface area contributed by atoms with Gasteiger partial charge in [-0.1, -0.05) is 19.4 Å². The molecule has 1 fully saturated rings. The smallest absolute Gasteiger partial charge is 0.255 e. The number of carbonyl (C=O) groups is 2. The van der Waals surface area contributed by atoms with E-state index < -0.39 is 10.0 Å². The number of amides is 2. The van der Waals surface area contributed by atoms with Crippen LogP contribution in [-0.2, 0) is 14.8 Å². The van der Waals surface area contributed by atoms with Crippen LogP contribution < -0.4 is 10.6 Å².